The SMILES string of the molecule is COc1ccccc1-c1cc(C(F)(F)F)nc(S(=O)(=O)CCCC(=O)Nc2ccccc2Br)n1. The van der Waals surface area contributed by atoms with Crippen LogP contribution in [-0.4, -0.2) is 37.2 Å². The maximum atomic E-state index is 13.5. The van der Waals surface area contributed by atoms with Crippen LogP contribution in [0.25, 0.3) is 11.3 Å². The van der Waals surface area contributed by atoms with Crippen molar-refractivity contribution in [1.82, 2.24) is 9.97 Å². The second-order valence-corrected chi connectivity index (χ2v) is 9.93. The van der Waals surface area contributed by atoms with Gasteiger partial charge in [-0.25, -0.2) is 18.4 Å². The second-order valence-electron chi connectivity index (χ2n) is 7.07. The summed E-state index contributed by atoms with van der Waals surface area (Å²) in [5, 5.41) is 1.67. The summed E-state index contributed by atoms with van der Waals surface area (Å²) in [5.74, 6) is -0.827. The fraction of sp³-hybridized carbons (Fsp3) is 0.227. The zero-order valence-electron chi connectivity index (χ0n) is 17.8. The minimum Gasteiger partial charge on any atom is -0.496 e. The van der Waals surface area contributed by atoms with Crippen LogP contribution in [0.15, 0.2) is 64.2 Å². The molecule has 0 aliphatic heterocycles. The highest BCUT2D eigenvalue weighted by Gasteiger charge is 2.35. The van der Waals surface area contributed by atoms with Crippen LogP contribution in [0, 0.1) is 0 Å². The Hall–Kier alpha value is -2.99. The average Bonchev–Trinajstić information content (AvgIpc) is 2.79. The number of methoxy groups -OCH3 is 1. The van der Waals surface area contributed by atoms with E-state index in [0.717, 1.165) is 0 Å². The summed E-state index contributed by atoms with van der Waals surface area (Å²) in [6, 6.07) is 13.7. The number of halogens is 4. The van der Waals surface area contributed by atoms with Gasteiger partial charge in [-0.15, -0.1) is 0 Å². The van der Waals surface area contributed by atoms with Gasteiger partial charge >= 0.3 is 6.18 Å². The van der Waals surface area contributed by atoms with E-state index in [-0.39, 0.29) is 29.8 Å². The summed E-state index contributed by atoms with van der Waals surface area (Å²) >= 11 is 3.29. The maximum absolute atomic E-state index is 13.5. The number of amides is 1. The Balaban J connectivity index is 1.83. The lowest BCUT2D eigenvalue weighted by Crippen LogP contribution is -2.18. The molecule has 0 saturated heterocycles. The number of alkyl halides is 3. The summed E-state index contributed by atoms with van der Waals surface area (Å²) in [4.78, 5) is 19.3. The van der Waals surface area contributed by atoms with Crippen molar-refractivity contribution in [2.75, 3.05) is 18.2 Å². The fourth-order valence-corrected chi connectivity index (χ4v) is 4.56. The maximum Gasteiger partial charge on any atom is 0.433 e. The molecule has 0 unspecified atom stereocenters. The quantitative estimate of drug-likeness (QED) is 0.386. The van der Waals surface area contributed by atoms with Crippen molar-refractivity contribution in [3.8, 4) is 17.0 Å². The molecule has 1 heterocycles. The van der Waals surface area contributed by atoms with Gasteiger partial charge in [0.25, 0.3) is 0 Å². The number of hydrogen-bond acceptors (Lipinski definition) is 6. The smallest absolute Gasteiger partial charge is 0.433 e. The number of nitrogens with one attached hydrogen (secondary N) is 1. The monoisotopic (exact) mass is 557 g/mol. The normalized spacial score (nSPS) is 11.8. The summed E-state index contributed by atoms with van der Waals surface area (Å²) in [6.45, 7) is 0. The third-order valence-corrected chi connectivity index (χ3v) is 6.88. The van der Waals surface area contributed by atoms with Gasteiger partial charge in [0.15, 0.2) is 0 Å². The van der Waals surface area contributed by atoms with Crippen LogP contribution in [0.1, 0.15) is 18.5 Å². The highest BCUT2D eigenvalue weighted by Crippen LogP contribution is 2.34. The molecule has 0 radical (unpaired) electrons. The number of aromatic nitrogens is 2. The van der Waals surface area contributed by atoms with Gasteiger partial charge in [-0.1, -0.05) is 24.3 Å². The molecular formula is C22H19BrF3N3O4S. The Labute approximate surface area is 202 Å². The molecule has 0 aliphatic carbocycles. The second kappa shape index (κ2) is 10.5. The standard InChI is InChI=1S/C22H19BrF3N3O4S/c1-33-18-10-5-2-7-14(18)17-13-19(22(24,25)26)29-21(28-17)34(31,32)12-6-11-20(30)27-16-9-4-3-8-15(16)23/h2-5,7-10,13H,6,11-12H2,1H3,(H,27,30). The van der Waals surface area contributed by atoms with Gasteiger partial charge in [-0.3, -0.25) is 4.79 Å². The number of ether oxygens (including phenoxy) is 1. The molecule has 1 aromatic heterocycles. The molecule has 1 N–H and O–H groups in total. The first kappa shape index (κ1) is 25.6. The lowest BCUT2D eigenvalue weighted by atomic mass is 10.1. The molecule has 0 aliphatic rings. The van der Waals surface area contributed by atoms with E-state index < -0.39 is 38.5 Å². The number of anilines is 1. The lowest BCUT2D eigenvalue weighted by molar-refractivity contribution is -0.141. The predicted octanol–water partition coefficient (Wildman–Crippen LogP) is 5.13. The van der Waals surface area contributed by atoms with Crippen LogP contribution in [0.2, 0.25) is 0 Å². The summed E-state index contributed by atoms with van der Waals surface area (Å²) < 4.78 is 71.7. The van der Waals surface area contributed by atoms with Gasteiger partial charge in [0, 0.05) is 16.5 Å². The number of benzene rings is 2. The molecular weight excluding hydrogens is 539 g/mol. The van der Waals surface area contributed by atoms with Gasteiger partial charge in [0.2, 0.25) is 20.9 Å². The van der Waals surface area contributed by atoms with Gasteiger partial charge in [-0.2, -0.15) is 13.2 Å². The molecule has 7 nitrogen and oxygen atoms in total. The molecule has 3 aromatic rings. The van der Waals surface area contributed by atoms with Gasteiger partial charge in [0.05, 0.1) is 24.2 Å². The van der Waals surface area contributed by atoms with Crippen LogP contribution < -0.4 is 10.1 Å². The zero-order valence-corrected chi connectivity index (χ0v) is 20.2. The molecule has 3 rings (SSSR count). The van der Waals surface area contributed by atoms with E-state index in [4.69, 9.17) is 4.74 Å². The fourth-order valence-electron chi connectivity index (χ4n) is 2.99. The number of para-hydroxylation sites is 2. The highest BCUT2D eigenvalue weighted by molar-refractivity contribution is 9.10. The van der Waals surface area contributed by atoms with Gasteiger partial charge < -0.3 is 10.1 Å². The first-order valence-corrected chi connectivity index (χ1v) is 12.3. The van der Waals surface area contributed by atoms with Crippen LogP contribution in [-0.2, 0) is 20.8 Å². The van der Waals surface area contributed by atoms with Crippen molar-refractivity contribution in [3.63, 3.8) is 0 Å². The Morgan fingerprint density at radius 3 is 2.44 bits per heavy atom. The molecule has 2 aromatic carbocycles. The highest BCUT2D eigenvalue weighted by atomic mass is 79.9. The van der Waals surface area contributed by atoms with E-state index in [1.165, 1.54) is 19.2 Å². The number of carbonyl (C=O) groups excluding carboxylic acids is 1. The van der Waals surface area contributed by atoms with E-state index in [0.29, 0.717) is 16.2 Å². The summed E-state index contributed by atoms with van der Waals surface area (Å²) in [5.41, 5.74) is -0.946. The number of nitrogens with zero attached hydrogens (tertiary/aromatic N) is 2. The Morgan fingerprint density at radius 2 is 1.76 bits per heavy atom. The molecule has 12 heteroatoms. The number of carbonyl (C=O) groups is 1. The van der Waals surface area contributed by atoms with Crippen LogP contribution in [0.4, 0.5) is 18.9 Å². The van der Waals surface area contributed by atoms with Crippen molar-refractivity contribution in [1.29, 1.82) is 0 Å². The van der Waals surface area contributed by atoms with Crippen LogP contribution in [0.5, 0.6) is 5.75 Å². The third kappa shape index (κ3) is 6.32. The van der Waals surface area contributed by atoms with Crippen molar-refractivity contribution >= 4 is 37.4 Å². The molecule has 0 bridgehead atoms. The van der Waals surface area contributed by atoms with Crippen LogP contribution in [0.3, 0.4) is 0 Å². The average molecular weight is 558 g/mol. The van der Waals surface area contributed by atoms with E-state index in [1.807, 2.05) is 0 Å². The van der Waals surface area contributed by atoms with Gasteiger partial charge in [0.1, 0.15) is 11.4 Å². The largest absolute Gasteiger partial charge is 0.496 e. The molecule has 0 saturated carbocycles. The van der Waals surface area contributed by atoms with E-state index in [1.54, 1.807) is 36.4 Å². The third-order valence-electron chi connectivity index (χ3n) is 4.62. The molecule has 0 fully saturated rings. The molecule has 180 valence electrons. The number of sulfone groups is 1. The molecule has 0 atom stereocenters. The Morgan fingerprint density at radius 1 is 1.09 bits per heavy atom. The van der Waals surface area contributed by atoms with Crippen molar-refractivity contribution in [2.24, 2.45) is 0 Å². The van der Waals surface area contributed by atoms with Crippen molar-refractivity contribution < 1.29 is 31.1 Å². The Bertz CT molecular complexity index is 1300. The van der Waals surface area contributed by atoms with E-state index in [2.05, 4.69) is 31.2 Å². The molecule has 1 amide bonds. The topological polar surface area (TPSA) is 98.2 Å². The predicted molar refractivity (Wildman–Crippen MR) is 123 cm³/mol. The minimum atomic E-state index is -4.90. The summed E-state index contributed by atoms with van der Waals surface area (Å²) in [7, 11) is -2.99. The van der Waals surface area contributed by atoms with E-state index >= 15 is 0 Å². The number of hydrogen-bond donors (Lipinski definition) is 1. The van der Waals surface area contributed by atoms with E-state index in [9.17, 15) is 26.4 Å². The minimum absolute atomic E-state index is 0.137. The van der Waals surface area contributed by atoms with Crippen molar-refractivity contribution in [3.05, 3.63) is 64.8 Å². The first-order valence-electron chi connectivity index (χ1n) is 9.88. The lowest BCUT2D eigenvalue weighted by Gasteiger charge is -2.13. The van der Waals surface area contributed by atoms with Crippen molar-refractivity contribution in [2.45, 2.75) is 24.2 Å². The molecule has 0 spiro atoms. The number of rotatable bonds is 8. The van der Waals surface area contributed by atoms with Crippen LogP contribution >= 0.6 is 15.9 Å². The first-order chi connectivity index (χ1) is 16.0. The van der Waals surface area contributed by atoms with Gasteiger partial charge in [-0.05, 0) is 52.7 Å². The Kier molecular flexibility index (Phi) is 7.93. The zero-order chi connectivity index (χ0) is 24.9. The summed E-state index contributed by atoms with van der Waals surface area (Å²) in [6.07, 6.45) is -5.20. The molecule has 34 heavy (non-hydrogen) atoms.